The van der Waals surface area contributed by atoms with E-state index in [9.17, 15) is 4.79 Å². The summed E-state index contributed by atoms with van der Waals surface area (Å²) in [6.45, 7) is 5.09. The van der Waals surface area contributed by atoms with Gasteiger partial charge in [-0.2, -0.15) is 0 Å². The van der Waals surface area contributed by atoms with Crippen LogP contribution in [-0.2, 0) is 0 Å². The first-order valence-corrected chi connectivity index (χ1v) is 6.69. The molecule has 0 fully saturated rings. The van der Waals surface area contributed by atoms with Crippen LogP contribution < -0.4 is 15.4 Å². The van der Waals surface area contributed by atoms with Crippen molar-refractivity contribution >= 4 is 18.3 Å². The number of rotatable bonds is 5. The summed E-state index contributed by atoms with van der Waals surface area (Å²) in [7, 11) is 0. The highest BCUT2D eigenvalue weighted by molar-refractivity contribution is 5.94. The third-order valence-electron chi connectivity index (χ3n) is 3.06. The molecular weight excluding hydrogens is 276 g/mol. The number of hydrogen-bond acceptors (Lipinski definition) is 3. The van der Waals surface area contributed by atoms with Crippen molar-refractivity contribution in [3.63, 3.8) is 0 Å². The van der Waals surface area contributed by atoms with Crippen LogP contribution >= 0.6 is 12.4 Å². The maximum absolute atomic E-state index is 12.0. The van der Waals surface area contributed by atoms with Gasteiger partial charge >= 0.3 is 0 Å². The third-order valence-corrected chi connectivity index (χ3v) is 3.06. The smallest absolute Gasteiger partial charge is 0.251 e. The van der Waals surface area contributed by atoms with E-state index in [1.165, 1.54) is 5.57 Å². The summed E-state index contributed by atoms with van der Waals surface area (Å²) in [6.07, 6.45) is 3.14. The van der Waals surface area contributed by atoms with Crippen molar-refractivity contribution < 1.29 is 9.53 Å². The molecule has 20 heavy (non-hydrogen) atoms. The lowest BCUT2D eigenvalue weighted by atomic mass is 10.1. The molecule has 1 aliphatic heterocycles. The molecule has 0 saturated heterocycles. The lowest BCUT2D eigenvalue weighted by Gasteiger charge is -2.14. The van der Waals surface area contributed by atoms with Crippen LogP contribution in [0.4, 0.5) is 0 Å². The molecule has 5 heteroatoms. The first-order chi connectivity index (χ1) is 9.29. The van der Waals surface area contributed by atoms with Gasteiger partial charge in [-0.05, 0) is 44.2 Å². The summed E-state index contributed by atoms with van der Waals surface area (Å²) in [6, 6.07) is 7.22. The Morgan fingerprint density at radius 3 is 2.70 bits per heavy atom. The maximum atomic E-state index is 12.0. The van der Waals surface area contributed by atoms with E-state index in [0.717, 1.165) is 25.3 Å². The van der Waals surface area contributed by atoms with Gasteiger partial charge in [0.2, 0.25) is 0 Å². The number of carbonyl (C=O) groups is 1. The van der Waals surface area contributed by atoms with Gasteiger partial charge in [0.15, 0.2) is 0 Å². The summed E-state index contributed by atoms with van der Waals surface area (Å²) in [5.41, 5.74) is 1.95. The van der Waals surface area contributed by atoms with E-state index >= 15 is 0 Å². The van der Waals surface area contributed by atoms with Crippen molar-refractivity contribution in [1.29, 1.82) is 0 Å². The lowest BCUT2D eigenvalue weighted by molar-refractivity contribution is 0.0956. The quantitative estimate of drug-likeness (QED) is 0.819. The molecule has 1 heterocycles. The van der Waals surface area contributed by atoms with E-state index in [1.54, 1.807) is 12.1 Å². The van der Waals surface area contributed by atoms with E-state index in [2.05, 4.69) is 16.7 Å². The molecule has 0 aliphatic carbocycles. The normalized spacial score (nSPS) is 13.9. The first kappa shape index (κ1) is 16.5. The lowest BCUT2D eigenvalue weighted by Crippen LogP contribution is -2.29. The number of amides is 1. The zero-order valence-corrected chi connectivity index (χ0v) is 12.5. The van der Waals surface area contributed by atoms with Crippen LogP contribution in [0.5, 0.6) is 5.75 Å². The molecule has 1 aromatic rings. The fourth-order valence-corrected chi connectivity index (χ4v) is 2.00. The number of nitrogens with one attached hydrogen (secondary N) is 2. The summed E-state index contributed by atoms with van der Waals surface area (Å²) in [5.74, 6) is 0.752. The first-order valence-electron chi connectivity index (χ1n) is 6.69. The van der Waals surface area contributed by atoms with Gasteiger partial charge in [-0.15, -0.1) is 12.4 Å². The topological polar surface area (TPSA) is 50.4 Å². The summed E-state index contributed by atoms with van der Waals surface area (Å²) < 4.78 is 5.35. The predicted octanol–water partition coefficient (Wildman–Crippen LogP) is 2.16. The highest BCUT2D eigenvalue weighted by atomic mass is 35.5. The molecule has 1 amide bonds. The fourth-order valence-electron chi connectivity index (χ4n) is 2.00. The largest absolute Gasteiger partial charge is 0.494 e. The van der Waals surface area contributed by atoms with Crippen LogP contribution in [0.15, 0.2) is 35.9 Å². The van der Waals surface area contributed by atoms with Crippen LogP contribution in [0.3, 0.4) is 0 Å². The monoisotopic (exact) mass is 296 g/mol. The Morgan fingerprint density at radius 1 is 1.35 bits per heavy atom. The average molecular weight is 297 g/mol. The van der Waals surface area contributed by atoms with Gasteiger partial charge in [0.1, 0.15) is 5.75 Å². The summed E-state index contributed by atoms with van der Waals surface area (Å²) in [4.78, 5) is 12.0. The van der Waals surface area contributed by atoms with E-state index < -0.39 is 0 Å². The molecule has 0 bridgehead atoms. The Labute approximate surface area is 126 Å². The van der Waals surface area contributed by atoms with Crippen molar-refractivity contribution in [3.8, 4) is 5.75 Å². The predicted molar refractivity (Wildman–Crippen MR) is 82.8 cm³/mol. The van der Waals surface area contributed by atoms with Gasteiger partial charge < -0.3 is 15.4 Å². The van der Waals surface area contributed by atoms with Crippen molar-refractivity contribution in [3.05, 3.63) is 41.5 Å². The molecule has 2 N–H and O–H groups in total. The van der Waals surface area contributed by atoms with Gasteiger partial charge in [-0.3, -0.25) is 4.79 Å². The van der Waals surface area contributed by atoms with Gasteiger partial charge in [0.25, 0.3) is 5.91 Å². The standard InChI is InChI=1S/C15H20N2O2.ClH/c1-2-19-14-5-3-13(4-6-14)15(18)17-11-12-7-9-16-10-8-12;/h3-7,16H,2,8-11H2,1H3,(H,17,18);1H. The molecule has 0 saturated carbocycles. The SMILES string of the molecule is CCOc1ccc(C(=O)NCC2=CCNCC2)cc1.Cl. The molecule has 0 atom stereocenters. The molecule has 0 aromatic heterocycles. The number of ether oxygens (including phenoxy) is 1. The summed E-state index contributed by atoms with van der Waals surface area (Å²) in [5, 5.41) is 6.19. The Kier molecular flexibility index (Phi) is 7.12. The van der Waals surface area contributed by atoms with Crippen LogP contribution in [-0.4, -0.2) is 32.1 Å². The van der Waals surface area contributed by atoms with Crippen molar-refractivity contribution in [1.82, 2.24) is 10.6 Å². The second-order valence-electron chi connectivity index (χ2n) is 4.46. The zero-order valence-electron chi connectivity index (χ0n) is 11.6. The minimum absolute atomic E-state index is 0. The summed E-state index contributed by atoms with van der Waals surface area (Å²) >= 11 is 0. The van der Waals surface area contributed by atoms with Crippen LogP contribution in [0.25, 0.3) is 0 Å². The van der Waals surface area contributed by atoms with Crippen LogP contribution in [0.2, 0.25) is 0 Å². The Bertz CT molecular complexity index is 457. The minimum atomic E-state index is -0.0394. The van der Waals surface area contributed by atoms with Crippen LogP contribution in [0, 0.1) is 0 Å². The highest BCUT2D eigenvalue weighted by Gasteiger charge is 2.07. The number of hydrogen-bond donors (Lipinski definition) is 2. The second-order valence-corrected chi connectivity index (χ2v) is 4.46. The van der Waals surface area contributed by atoms with Gasteiger partial charge in [0.05, 0.1) is 6.61 Å². The molecule has 0 radical (unpaired) electrons. The Morgan fingerprint density at radius 2 is 2.10 bits per heavy atom. The van der Waals surface area contributed by atoms with Gasteiger partial charge in [-0.25, -0.2) is 0 Å². The molecule has 1 aliphatic rings. The van der Waals surface area contributed by atoms with E-state index in [-0.39, 0.29) is 18.3 Å². The highest BCUT2D eigenvalue weighted by Crippen LogP contribution is 2.12. The van der Waals surface area contributed by atoms with Crippen LogP contribution in [0.1, 0.15) is 23.7 Å². The van der Waals surface area contributed by atoms with Crippen molar-refractivity contribution in [2.45, 2.75) is 13.3 Å². The second kappa shape index (κ2) is 8.61. The molecule has 4 nitrogen and oxygen atoms in total. The third kappa shape index (κ3) is 4.87. The molecular formula is C15H21ClN2O2. The van der Waals surface area contributed by atoms with Gasteiger partial charge in [0, 0.05) is 18.7 Å². The minimum Gasteiger partial charge on any atom is -0.494 e. The molecule has 1 aromatic carbocycles. The Balaban J connectivity index is 0.00000200. The molecule has 2 rings (SSSR count). The molecule has 0 unspecified atom stereocenters. The maximum Gasteiger partial charge on any atom is 0.251 e. The van der Waals surface area contributed by atoms with E-state index in [4.69, 9.17) is 4.74 Å². The van der Waals surface area contributed by atoms with Crippen molar-refractivity contribution in [2.24, 2.45) is 0 Å². The average Bonchev–Trinajstić information content (AvgIpc) is 2.47. The zero-order chi connectivity index (χ0) is 13.5. The molecule has 110 valence electrons. The van der Waals surface area contributed by atoms with Crippen molar-refractivity contribution in [2.75, 3.05) is 26.2 Å². The number of carbonyl (C=O) groups excluding carboxylic acids is 1. The number of benzene rings is 1. The fraction of sp³-hybridized carbons (Fsp3) is 0.400. The Hall–Kier alpha value is -1.52. The van der Waals surface area contributed by atoms with Gasteiger partial charge in [-0.1, -0.05) is 11.6 Å². The van der Waals surface area contributed by atoms with E-state index in [1.807, 2.05) is 19.1 Å². The molecule has 0 spiro atoms. The number of halogens is 1. The van der Waals surface area contributed by atoms with E-state index in [0.29, 0.717) is 18.7 Å².